The first-order valence-corrected chi connectivity index (χ1v) is 7.89. The fourth-order valence-electron chi connectivity index (χ4n) is 3.49. The zero-order valence-corrected chi connectivity index (χ0v) is 12.4. The third kappa shape index (κ3) is 1.34. The molecule has 2 aromatic carbocycles. The summed E-state index contributed by atoms with van der Waals surface area (Å²) in [6.07, 6.45) is 1.30. The Kier molecular flexibility index (Phi) is 2.23. The second kappa shape index (κ2) is 3.58. The first kappa shape index (κ1) is 10.6. The molecule has 2 aliphatic rings. The standard InChI is InChI=1S/C15H12Br2/c16-14-12-7-13(15(14)17)11-6-9-4-2-1-3-8(9)5-10(11)12/h1-6,12-15H,7H2. The predicted molar refractivity (Wildman–Crippen MR) is 79.5 cm³/mol. The summed E-state index contributed by atoms with van der Waals surface area (Å²) >= 11 is 7.70. The molecule has 2 bridgehead atoms. The van der Waals surface area contributed by atoms with Gasteiger partial charge in [0, 0.05) is 9.65 Å². The lowest BCUT2D eigenvalue weighted by atomic mass is 9.89. The van der Waals surface area contributed by atoms with E-state index < -0.39 is 0 Å². The van der Waals surface area contributed by atoms with Crippen LogP contribution in [0.4, 0.5) is 0 Å². The summed E-state index contributed by atoms with van der Waals surface area (Å²) < 4.78 is 0. The van der Waals surface area contributed by atoms with Crippen molar-refractivity contribution in [1.82, 2.24) is 0 Å². The van der Waals surface area contributed by atoms with Crippen molar-refractivity contribution in [2.24, 2.45) is 0 Å². The summed E-state index contributed by atoms with van der Waals surface area (Å²) in [5.41, 5.74) is 3.15. The third-order valence-corrected chi connectivity index (χ3v) is 7.46. The maximum atomic E-state index is 3.85. The average Bonchev–Trinajstić information content (AvgIpc) is 2.85. The molecule has 1 saturated carbocycles. The summed E-state index contributed by atoms with van der Waals surface area (Å²) in [7, 11) is 0. The number of hydrogen-bond acceptors (Lipinski definition) is 0. The lowest BCUT2D eigenvalue weighted by Gasteiger charge is -2.25. The van der Waals surface area contributed by atoms with Gasteiger partial charge in [-0.05, 0) is 40.2 Å². The Bertz CT molecular complexity index is 552. The van der Waals surface area contributed by atoms with Crippen LogP contribution in [-0.2, 0) is 0 Å². The minimum atomic E-state index is 0.598. The predicted octanol–water partition coefficient (Wildman–Crippen LogP) is 4.95. The van der Waals surface area contributed by atoms with Gasteiger partial charge in [-0.25, -0.2) is 0 Å². The zero-order valence-electron chi connectivity index (χ0n) is 9.24. The first-order valence-electron chi connectivity index (χ1n) is 6.06. The molecule has 0 amide bonds. The average molecular weight is 352 g/mol. The highest BCUT2D eigenvalue weighted by Gasteiger charge is 2.48. The molecule has 0 saturated heterocycles. The Morgan fingerprint density at radius 3 is 1.76 bits per heavy atom. The van der Waals surface area contributed by atoms with Crippen molar-refractivity contribution < 1.29 is 0 Å². The summed E-state index contributed by atoms with van der Waals surface area (Å²) in [5.74, 6) is 1.40. The molecule has 4 rings (SSSR count). The van der Waals surface area contributed by atoms with Gasteiger partial charge < -0.3 is 0 Å². The second-order valence-electron chi connectivity index (χ2n) is 5.17. The summed E-state index contributed by atoms with van der Waals surface area (Å²) in [4.78, 5) is 1.20. The van der Waals surface area contributed by atoms with Crippen LogP contribution in [0.25, 0.3) is 10.8 Å². The highest BCUT2D eigenvalue weighted by Crippen LogP contribution is 2.58. The largest absolute Gasteiger partial charge is 0.0872 e. The SMILES string of the molecule is BrC1C2CC(c3cc4ccccc4cc32)C1Br. The highest BCUT2D eigenvalue weighted by molar-refractivity contribution is 9.12. The van der Waals surface area contributed by atoms with Gasteiger partial charge in [-0.15, -0.1) is 0 Å². The molecule has 2 aromatic rings. The van der Waals surface area contributed by atoms with Crippen molar-refractivity contribution in [3.8, 4) is 0 Å². The number of halogens is 2. The normalized spacial score (nSPS) is 34.2. The van der Waals surface area contributed by atoms with E-state index in [4.69, 9.17) is 0 Å². The van der Waals surface area contributed by atoms with Crippen molar-refractivity contribution in [3.63, 3.8) is 0 Å². The van der Waals surface area contributed by atoms with E-state index in [-0.39, 0.29) is 0 Å². The molecule has 4 unspecified atom stereocenters. The van der Waals surface area contributed by atoms with Crippen molar-refractivity contribution in [2.75, 3.05) is 0 Å². The van der Waals surface area contributed by atoms with Crippen LogP contribution in [-0.4, -0.2) is 9.65 Å². The maximum Gasteiger partial charge on any atom is 0.0345 e. The molecule has 0 N–H and O–H groups in total. The van der Waals surface area contributed by atoms with Crippen LogP contribution in [0.1, 0.15) is 29.4 Å². The van der Waals surface area contributed by atoms with Gasteiger partial charge in [0.25, 0.3) is 0 Å². The molecule has 0 aromatic heterocycles. The molecular weight excluding hydrogens is 340 g/mol. The molecular formula is C15H12Br2. The van der Waals surface area contributed by atoms with E-state index in [0.717, 1.165) is 0 Å². The Balaban J connectivity index is 1.99. The van der Waals surface area contributed by atoms with Gasteiger partial charge in [0.2, 0.25) is 0 Å². The Morgan fingerprint density at radius 1 is 0.824 bits per heavy atom. The van der Waals surface area contributed by atoms with E-state index in [0.29, 0.717) is 21.5 Å². The van der Waals surface area contributed by atoms with Crippen LogP contribution >= 0.6 is 31.9 Å². The second-order valence-corrected chi connectivity index (χ2v) is 7.28. The topological polar surface area (TPSA) is 0 Å². The molecule has 0 heterocycles. The first-order chi connectivity index (χ1) is 8.25. The van der Waals surface area contributed by atoms with E-state index in [1.54, 1.807) is 11.1 Å². The quantitative estimate of drug-likeness (QED) is 0.589. The summed E-state index contributed by atoms with van der Waals surface area (Å²) in [5, 5.41) is 2.76. The molecule has 0 aliphatic heterocycles. The van der Waals surface area contributed by atoms with Crippen molar-refractivity contribution in [1.29, 1.82) is 0 Å². The monoisotopic (exact) mass is 350 g/mol. The van der Waals surface area contributed by atoms with Crippen LogP contribution < -0.4 is 0 Å². The van der Waals surface area contributed by atoms with Gasteiger partial charge in [-0.3, -0.25) is 0 Å². The van der Waals surface area contributed by atoms with Gasteiger partial charge >= 0.3 is 0 Å². The minimum absolute atomic E-state index is 0.598. The molecule has 2 heteroatoms. The van der Waals surface area contributed by atoms with Gasteiger partial charge in [-0.2, -0.15) is 0 Å². The van der Waals surface area contributed by atoms with E-state index in [1.165, 1.54) is 17.2 Å². The number of rotatable bonds is 0. The zero-order chi connectivity index (χ0) is 11.6. The lowest BCUT2D eigenvalue weighted by Crippen LogP contribution is -2.21. The minimum Gasteiger partial charge on any atom is -0.0872 e. The molecule has 0 spiro atoms. The van der Waals surface area contributed by atoms with Crippen molar-refractivity contribution in [3.05, 3.63) is 47.5 Å². The fraction of sp³-hybridized carbons (Fsp3) is 0.333. The van der Waals surface area contributed by atoms with E-state index >= 15 is 0 Å². The van der Waals surface area contributed by atoms with Crippen LogP contribution in [0.3, 0.4) is 0 Å². The van der Waals surface area contributed by atoms with Crippen molar-refractivity contribution >= 4 is 42.6 Å². The fourth-order valence-corrected chi connectivity index (χ4v) is 5.23. The van der Waals surface area contributed by atoms with E-state index in [2.05, 4.69) is 68.3 Å². The summed E-state index contributed by atoms with van der Waals surface area (Å²) in [6, 6.07) is 13.5. The number of benzene rings is 2. The molecule has 0 nitrogen and oxygen atoms in total. The van der Waals surface area contributed by atoms with Crippen LogP contribution in [0.5, 0.6) is 0 Å². The van der Waals surface area contributed by atoms with E-state index in [1.807, 2.05) is 0 Å². The Hall–Kier alpha value is -0.340. The van der Waals surface area contributed by atoms with Crippen LogP contribution in [0.2, 0.25) is 0 Å². The number of hydrogen-bond donors (Lipinski definition) is 0. The van der Waals surface area contributed by atoms with Gasteiger partial charge in [0.05, 0.1) is 0 Å². The Morgan fingerprint density at radius 2 is 1.29 bits per heavy atom. The third-order valence-electron chi connectivity index (χ3n) is 4.33. The van der Waals surface area contributed by atoms with Crippen LogP contribution in [0.15, 0.2) is 36.4 Å². The van der Waals surface area contributed by atoms with Crippen LogP contribution in [0, 0.1) is 0 Å². The Labute approximate surface area is 118 Å². The van der Waals surface area contributed by atoms with E-state index in [9.17, 15) is 0 Å². The molecule has 2 aliphatic carbocycles. The maximum absolute atomic E-state index is 3.85. The summed E-state index contributed by atoms with van der Waals surface area (Å²) in [6.45, 7) is 0. The highest BCUT2D eigenvalue weighted by atomic mass is 79.9. The number of fused-ring (bicyclic) bond motifs is 6. The van der Waals surface area contributed by atoms with Gasteiger partial charge in [0.1, 0.15) is 0 Å². The van der Waals surface area contributed by atoms with Gasteiger partial charge in [-0.1, -0.05) is 68.3 Å². The molecule has 1 fully saturated rings. The lowest BCUT2D eigenvalue weighted by molar-refractivity contribution is 0.771. The van der Waals surface area contributed by atoms with Gasteiger partial charge in [0.15, 0.2) is 0 Å². The van der Waals surface area contributed by atoms with Crippen molar-refractivity contribution in [2.45, 2.75) is 27.9 Å². The molecule has 17 heavy (non-hydrogen) atoms. The number of alkyl halides is 2. The molecule has 0 radical (unpaired) electrons. The smallest absolute Gasteiger partial charge is 0.0345 e. The molecule has 4 atom stereocenters. The molecule has 86 valence electrons.